The molecule has 1 saturated heterocycles. The van der Waals surface area contributed by atoms with Crippen LogP contribution in [-0.2, 0) is 11.2 Å². The van der Waals surface area contributed by atoms with Crippen LogP contribution in [0.5, 0.6) is 11.5 Å². The number of carbonyl (C=O) groups is 2. The Bertz CT molecular complexity index is 830. The molecule has 1 heterocycles. The zero-order valence-electron chi connectivity index (χ0n) is 17.0. The Morgan fingerprint density at radius 2 is 1.76 bits per heavy atom. The van der Waals surface area contributed by atoms with Crippen LogP contribution in [0.1, 0.15) is 28.8 Å². The first-order valence-corrected chi connectivity index (χ1v) is 9.95. The fraction of sp³-hybridized carbons (Fsp3) is 0.391. The van der Waals surface area contributed by atoms with Crippen molar-refractivity contribution in [2.75, 3.05) is 33.9 Å². The number of likely N-dealkylation sites (tertiary alicyclic amines) is 1. The Morgan fingerprint density at radius 3 is 2.41 bits per heavy atom. The van der Waals surface area contributed by atoms with Crippen LogP contribution in [0.2, 0.25) is 0 Å². The van der Waals surface area contributed by atoms with Crippen LogP contribution in [0.25, 0.3) is 0 Å². The van der Waals surface area contributed by atoms with Crippen molar-refractivity contribution < 1.29 is 19.1 Å². The molecule has 2 amide bonds. The van der Waals surface area contributed by atoms with Gasteiger partial charge in [-0.2, -0.15) is 0 Å². The molecule has 1 aliphatic heterocycles. The number of ether oxygens (including phenoxy) is 2. The zero-order chi connectivity index (χ0) is 20.6. The molecule has 1 fully saturated rings. The van der Waals surface area contributed by atoms with E-state index < -0.39 is 0 Å². The summed E-state index contributed by atoms with van der Waals surface area (Å²) in [5.41, 5.74) is 1.72. The van der Waals surface area contributed by atoms with Crippen molar-refractivity contribution in [1.82, 2.24) is 10.2 Å². The normalized spacial score (nSPS) is 14.3. The molecule has 0 radical (unpaired) electrons. The Kier molecular flexibility index (Phi) is 7.11. The van der Waals surface area contributed by atoms with Crippen molar-refractivity contribution in [1.29, 1.82) is 0 Å². The van der Waals surface area contributed by atoms with Gasteiger partial charge in [-0.1, -0.05) is 24.3 Å². The SMILES string of the molecule is COc1ccc(CCNC(=O)C2CCN(C(=O)c3ccccc3)CC2)c(OC)c1. The molecule has 0 atom stereocenters. The molecule has 2 aromatic rings. The van der Waals surface area contributed by atoms with E-state index in [0.29, 0.717) is 44.5 Å². The second-order valence-electron chi connectivity index (χ2n) is 7.15. The number of piperidine rings is 1. The van der Waals surface area contributed by atoms with Gasteiger partial charge in [0, 0.05) is 37.2 Å². The summed E-state index contributed by atoms with van der Waals surface area (Å²) in [6.07, 6.45) is 2.07. The summed E-state index contributed by atoms with van der Waals surface area (Å²) in [7, 11) is 3.24. The van der Waals surface area contributed by atoms with Crippen LogP contribution >= 0.6 is 0 Å². The van der Waals surface area contributed by atoms with Gasteiger partial charge in [0.25, 0.3) is 5.91 Å². The van der Waals surface area contributed by atoms with Gasteiger partial charge in [0.15, 0.2) is 0 Å². The van der Waals surface area contributed by atoms with Crippen LogP contribution in [0.4, 0.5) is 0 Å². The molecule has 154 valence electrons. The van der Waals surface area contributed by atoms with E-state index in [1.165, 1.54) is 0 Å². The highest BCUT2D eigenvalue weighted by Gasteiger charge is 2.27. The molecule has 29 heavy (non-hydrogen) atoms. The van der Waals surface area contributed by atoms with E-state index in [2.05, 4.69) is 5.32 Å². The van der Waals surface area contributed by atoms with Gasteiger partial charge >= 0.3 is 0 Å². The minimum Gasteiger partial charge on any atom is -0.497 e. The summed E-state index contributed by atoms with van der Waals surface area (Å²) in [4.78, 5) is 26.9. The third-order valence-corrected chi connectivity index (χ3v) is 5.36. The summed E-state index contributed by atoms with van der Waals surface area (Å²) in [6.45, 7) is 1.76. The molecular formula is C23H28N2O4. The van der Waals surface area contributed by atoms with E-state index in [9.17, 15) is 9.59 Å². The minimum absolute atomic E-state index is 0.0380. The van der Waals surface area contributed by atoms with Crippen LogP contribution < -0.4 is 14.8 Å². The predicted octanol–water partition coefficient (Wildman–Crippen LogP) is 2.91. The standard InChI is InChI=1S/C23H28N2O4/c1-28-20-9-8-17(21(16-20)29-2)10-13-24-22(26)18-11-14-25(15-12-18)23(27)19-6-4-3-5-7-19/h3-9,16,18H,10-15H2,1-2H3,(H,24,26). The number of nitrogens with zero attached hydrogens (tertiary/aromatic N) is 1. The highest BCUT2D eigenvalue weighted by atomic mass is 16.5. The maximum Gasteiger partial charge on any atom is 0.253 e. The first-order valence-electron chi connectivity index (χ1n) is 9.95. The minimum atomic E-state index is -0.0485. The second kappa shape index (κ2) is 9.96. The molecule has 0 bridgehead atoms. The molecular weight excluding hydrogens is 368 g/mol. The lowest BCUT2D eigenvalue weighted by Gasteiger charge is -2.31. The number of methoxy groups -OCH3 is 2. The van der Waals surface area contributed by atoms with Gasteiger partial charge in [-0.25, -0.2) is 0 Å². The molecule has 1 N–H and O–H groups in total. The highest BCUT2D eigenvalue weighted by Crippen LogP contribution is 2.25. The van der Waals surface area contributed by atoms with E-state index in [-0.39, 0.29) is 17.7 Å². The lowest BCUT2D eigenvalue weighted by atomic mass is 9.95. The number of hydrogen-bond donors (Lipinski definition) is 1. The first kappa shape index (κ1) is 20.7. The summed E-state index contributed by atoms with van der Waals surface area (Å²) in [5, 5.41) is 3.03. The first-order chi connectivity index (χ1) is 14.1. The van der Waals surface area contributed by atoms with Crippen LogP contribution in [0.15, 0.2) is 48.5 Å². The number of nitrogens with one attached hydrogen (secondary N) is 1. The molecule has 0 aliphatic carbocycles. The number of benzene rings is 2. The molecule has 1 aliphatic rings. The average Bonchev–Trinajstić information content (AvgIpc) is 2.79. The predicted molar refractivity (Wildman–Crippen MR) is 111 cm³/mol. The smallest absolute Gasteiger partial charge is 0.253 e. The van der Waals surface area contributed by atoms with Crippen molar-refractivity contribution >= 4 is 11.8 Å². The van der Waals surface area contributed by atoms with Crippen LogP contribution in [-0.4, -0.2) is 50.6 Å². The van der Waals surface area contributed by atoms with E-state index in [1.54, 1.807) is 14.2 Å². The van der Waals surface area contributed by atoms with Gasteiger partial charge in [-0.3, -0.25) is 9.59 Å². The van der Waals surface area contributed by atoms with E-state index >= 15 is 0 Å². The third kappa shape index (κ3) is 5.28. The molecule has 3 rings (SSSR count). The summed E-state index contributed by atoms with van der Waals surface area (Å²) >= 11 is 0. The highest BCUT2D eigenvalue weighted by molar-refractivity contribution is 5.94. The van der Waals surface area contributed by atoms with Crippen molar-refractivity contribution in [2.45, 2.75) is 19.3 Å². The number of carbonyl (C=O) groups excluding carboxylic acids is 2. The maximum atomic E-state index is 12.5. The number of amides is 2. The summed E-state index contributed by atoms with van der Waals surface area (Å²) < 4.78 is 10.6. The van der Waals surface area contributed by atoms with Gasteiger partial charge in [0.2, 0.25) is 5.91 Å². The fourth-order valence-electron chi connectivity index (χ4n) is 3.63. The average molecular weight is 396 g/mol. The third-order valence-electron chi connectivity index (χ3n) is 5.36. The number of hydrogen-bond acceptors (Lipinski definition) is 4. The van der Waals surface area contributed by atoms with E-state index in [0.717, 1.165) is 17.1 Å². The van der Waals surface area contributed by atoms with Gasteiger partial charge < -0.3 is 19.7 Å². The maximum absolute atomic E-state index is 12.5. The quantitative estimate of drug-likeness (QED) is 0.781. The monoisotopic (exact) mass is 396 g/mol. The largest absolute Gasteiger partial charge is 0.497 e. The van der Waals surface area contributed by atoms with Crippen molar-refractivity contribution in [3.63, 3.8) is 0 Å². The lowest BCUT2D eigenvalue weighted by Crippen LogP contribution is -2.43. The molecule has 2 aromatic carbocycles. The van der Waals surface area contributed by atoms with Crippen LogP contribution in [0.3, 0.4) is 0 Å². The number of rotatable bonds is 7. The Labute approximate surface area is 171 Å². The Hall–Kier alpha value is -3.02. The van der Waals surface area contributed by atoms with Gasteiger partial charge in [-0.15, -0.1) is 0 Å². The molecule has 6 heteroatoms. The van der Waals surface area contributed by atoms with E-state index in [1.807, 2.05) is 53.4 Å². The zero-order valence-corrected chi connectivity index (χ0v) is 17.0. The van der Waals surface area contributed by atoms with Gasteiger partial charge in [-0.05, 0) is 43.0 Å². The topological polar surface area (TPSA) is 67.9 Å². The molecule has 0 spiro atoms. The van der Waals surface area contributed by atoms with E-state index in [4.69, 9.17) is 9.47 Å². The molecule has 0 aromatic heterocycles. The Balaban J connectivity index is 1.45. The summed E-state index contributed by atoms with van der Waals surface area (Å²) in [5.74, 6) is 1.55. The Morgan fingerprint density at radius 1 is 1.03 bits per heavy atom. The van der Waals surface area contributed by atoms with Crippen molar-refractivity contribution in [3.05, 3.63) is 59.7 Å². The van der Waals surface area contributed by atoms with Crippen LogP contribution in [0, 0.1) is 5.92 Å². The fourth-order valence-corrected chi connectivity index (χ4v) is 3.63. The lowest BCUT2D eigenvalue weighted by molar-refractivity contribution is -0.126. The summed E-state index contributed by atoms with van der Waals surface area (Å²) in [6, 6.07) is 15.0. The molecule has 6 nitrogen and oxygen atoms in total. The van der Waals surface area contributed by atoms with Crippen molar-refractivity contribution in [2.24, 2.45) is 5.92 Å². The molecule has 0 unspecified atom stereocenters. The van der Waals surface area contributed by atoms with Gasteiger partial charge in [0.1, 0.15) is 11.5 Å². The second-order valence-corrected chi connectivity index (χ2v) is 7.15. The van der Waals surface area contributed by atoms with Crippen molar-refractivity contribution in [3.8, 4) is 11.5 Å². The van der Waals surface area contributed by atoms with Gasteiger partial charge in [0.05, 0.1) is 14.2 Å². The molecule has 0 saturated carbocycles.